The van der Waals surface area contributed by atoms with Crippen LogP contribution in [-0.2, 0) is 16.4 Å². The van der Waals surface area contributed by atoms with E-state index in [4.69, 9.17) is 9.47 Å². The molecule has 0 aromatic heterocycles. The van der Waals surface area contributed by atoms with Gasteiger partial charge in [0.05, 0.1) is 18.4 Å². The fraction of sp³-hybridized carbons (Fsp3) is 0.240. The topological polar surface area (TPSA) is 72.9 Å². The molecule has 4 rings (SSSR count). The summed E-state index contributed by atoms with van der Waals surface area (Å²) >= 11 is 0. The highest BCUT2D eigenvalue weighted by Gasteiger charge is 2.32. The van der Waals surface area contributed by atoms with E-state index in [1.165, 1.54) is 29.6 Å². The van der Waals surface area contributed by atoms with E-state index in [-0.39, 0.29) is 16.2 Å². The number of benzene rings is 3. The Hall–Kier alpha value is -3.32. The lowest BCUT2D eigenvalue weighted by Crippen LogP contribution is -2.35. The number of para-hydroxylation sites is 1. The normalized spacial score (nSPS) is 13.4. The first kappa shape index (κ1) is 21.9. The predicted molar refractivity (Wildman–Crippen MR) is 123 cm³/mol. The third kappa shape index (κ3) is 4.08. The number of sulfonamides is 1. The minimum Gasteiger partial charge on any atom is -0.495 e. The van der Waals surface area contributed by atoms with Gasteiger partial charge >= 0.3 is 5.97 Å². The van der Waals surface area contributed by atoms with Gasteiger partial charge in [-0.15, -0.1) is 0 Å². The predicted octanol–water partition coefficient (Wildman–Crippen LogP) is 4.67. The molecule has 3 aromatic carbocycles. The molecule has 0 saturated carbocycles. The summed E-state index contributed by atoms with van der Waals surface area (Å²) in [6, 6.07) is 17.1. The Morgan fingerprint density at radius 1 is 0.969 bits per heavy atom. The second kappa shape index (κ2) is 8.67. The number of hydrogen-bond acceptors (Lipinski definition) is 5. The molecule has 166 valence electrons. The maximum absolute atomic E-state index is 13.6. The van der Waals surface area contributed by atoms with E-state index in [1.54, 1.807) is 18.2 Å². The highest BCUT2D eigenvalue weighted by atomic mass is 32.2. The molecule has 1 heterocycles. The van der Waals surface area contributed by atoms with Crippen molar-refractivity contribution in [1.82, 2.24) is 0 Å². The number of aryl methyl sites for hydroxylation is 3. The second-order valence-electron chi connectivity index (χ2n) is 7.81. The van der Waals surface area contributed by atoms with Gasteiger partial charge in [-0.1, -0.05) is 24.3 Å². The first-order valence-electron chi connectivity index (χ1n) is 10.4. The van der Waals surface area contributed by atoms with Crippen LogP contribution in [0.3, 0.4) is 0 Å². The molecule has 0 unspecified atom stereocenters. The van der Waals surface area contributed by atoms with Gasteiger partial charge in [0.1, 0.15) is 16.4 Å². The number of methoxy groups -OCH3 is 1. The van der Waals surface area contributed by atoms with Crippen molar-refractivity contribution in [3.05, 3.63) is 82.9 Å². The maximum Gasteiger partial charge on any atom is 0.343 e. The summed E-state index contributed by atoms with van der Waals surface area (Å²) in [6.07, 6.45) is 1.54. The molecule has 0 aliphatic carbocycles. The van der Waals surface area contributed by atoms with Gasteiger partial charge < -0.3 is 9.47 Å². The zero-order valence-electron chi connectivity index (χ0n) is 18.3. The zero-order chi connectivity index (χ0) is 22.9. The summed E-state index contributed by atoms with van der Waals surface area (Å²) in [7, 11) is -2.55. The van der Waals surface area contributed by atoms with Gasteiger partial charge in [-0.2, -0.15) is 0 Å². The molecule has 0 radical (unpaired) electrons. The Bertz CT molecular complexity index is 1280. The summed E-state index contributed by atoms with van der Waals surface area (Å²) in [4.78, 5) is 12.7. The van der Waals surface area contributed by atoms with Crippen molar-refractivity contribution in [3.8, 4) is 11.5 Å². The summed E-state index contributed by atoms with van der Waals surface area (Å²) < 4.78 is 39.5. The minimum atomic E-state index is -3.96. The molecular formula is C25H25NO5S. The number of rotatable bonds is 5. The van der Waals surface area contributed by atoms with E-state index in [0.717, 1.165) is 23.1 Å². The highest BCUT2D eigenvalue weighted by molar-refractivity contribution is 7.93. The second-order valence-corrected chi connectivity index (χ2v) is 9.64. The first-order valence-corrected chi connectivity index (χ1v) is 11.8. The number of esters is 1. The van der Waals surface area contributed by atoms with Crippen LogP contribution in [0.15, 0.2) is 65.6 Å². The van der Waals surface area contributed by atoms with Crippen molar-refractivity contribution in [3.63, 3.8) is 0 Å². The molecule has 3 aromatic rings. The van der Waals surface area contributed by atoms with Crippen molar-refractivity contribution in [2.45, 2.75) is 31.6 Å². The molecule has 0 amide bonds. The number of ether oxygens (including phenoxy) is 2. The van der Waals surface area contributed by atoms with E-state index in [1.807, 2.05) is 38.1 Å². The highest BCUT2D eigenvalue weighted by Crippen LogP contribution is 2.35. The summed E-state index contributed by atoms with van der Waals surface area (Å²) in [5, 5.41) is 0. The van der Waals surface area contributed by atoms with Crippen molar-refractivity contribution in [2.75, 3.05) is 18.0 Å². The van der Waals surface area contributed by atoms with Crippen molar-refractivity contribution in [1.29, 1.82) is 0 Å². The Balaban J connectivity index is 1.71. The molecule has 0 spiro atoms. The molecule has 0 fully saturated rings. The van der Waals surface area contributed by atoms with Crippen LogP contribution in [0, 0.1) is 13.8 Å². The molecule has 32 heavy (non-hydrogen) atoms. The average Bonchev–Trinajstić information content (AvgIpc) is 2.80. The van der Waals surface area contributed by atoms with E-state index in [9.17, 15) is 13.2 Å². The quantitative estimate of drug-likeness (QED) is 0.416. The summed E-state index contributed by atoms with van der Waals surface area (Å²) in [5.74, 6) is -0.0505. The van der Waals surface area contributed by atoms with Crippen LogP contribution >= 0.6 is 0 Å². The molecule has 6 nitrogen and oxygen atoms in total. The largest absolute Gasteiger partial charge is 0.495 e. The molecule has 0 saturated heterocycles. The Labute approximate surface area is 188 Å². The van der Waals surface area contributed by atoms with Gasteiger partial charge in [0.2, 0.25) is 0 Å². The van der Waals surface area contributed by atoms with E-state index >= 15 is 0 Å². The summed E-state index contributed by atoms with van der Waals surface area (Å²) in [5.41, 5.74) is 3.85. The van der Waals surface area contributed by atoms with Gasteiger partial charge in [0, 0.05) is 6.54 Å². The number of anilines is 1. The van der Waals surface area contributed by atoms with Gasteiger partial charge in [0.15, 0.2) is 0 Å². The number of carbonyl (C=O) groups excluding carboxylic acids is 1. The monoisotopic (exact) mass is 451 g/mol. The van der Waals surface area contributed by atoms with Crippen LogP contribution in [0.2, 0.25) is 0 Å². The fourth-order valence-corrected chi connectivity index (χ4v) is 5.54. The third-order valence-corrected chi connectivity index (χ3v) is 7.56. The van der Waals surface area contributed by atoms with Crippen molar-refractivity contribution >= 4 is 21.7 Å². The van der Waals surface area contributed by atoms with E-state index in [2.05, 4.69) is 0 Å². The standard InChI is InChI=1S/C25H25NO5S/c1-17-10-12-21(15-18(17)2)31-25(27)20-11-13-23(30-3)24(16-20)32(28,29)26-14-6-8-19-7-4-5-9-22(19)26/h4-5,7,9-13,15-16H,6,8,14H2,1-3H3. The van der Waals surface area contributed by atoms with Crippen LogP contribution in [0.1, 0.15) is 33.5 Å². The smallest absolute Gasteiger partial charge is 0.343 e. The molecule has 0 atom stereocenters. The molecule has 0 bridgehead atoms. The number of hydrogen-bond donors (Lipinski definition) is 0. The van der Waals surface area contributed by atoms with Crippen LogP contribution in [0.4, 0.5) is 5.69 Å². The fourth-order valence-electron chi connectivity index (χ4n) is 3.82. The van der Waals surface area contributed by atoms with Crippen LogP contribution in [0.25, 0.3) is 0 Å². The SMILES string of the molecule is COc1ccc(C(=O)Oc2ccc(C)c(C)c2)cc1S(=O)(=O)N1CCCc2ccccc21. The van der Waals surface area contributed by atoms with E-state index < -0.39 is 16.0 Å². The first-order chi connectivity index (χ1) is 15.3. The number of nitrogens with zero attached hydrogens (tertiary/aromatic N) is 1. The van der Waals surface area contributed by atoms with Crippen molar-refractivity contribution < 1.29 is 22.7 Å². The minimum absolute atomic E-state index is 0.0637. The lowest BCUT2D eigenvalue weighted by atomic mass is 10.0. The molecule has 7 heteroatoms. The summed E-state index contributed by atoms with van der Waals surface area (Å²) in [6.45, 7) is 4.27. The van der Waals surface area contributed by atoms with Crippen LogP contribution < -0.4 is 13.8 Å². The Morgan fingerprint density at radius 2 is 1.75 bits per heavy atom. The van der Waals surface area contributed by atoms with Gasteiger partial charge in [-0.25, -0.2) is 13.2 Å². The number of carbonyl (C=O) groups is 1. The molecule has 1 aliphatic rings. The lowest BCUT2D eigenvalue weighted by molar-refractivity contribution is 0.0734. The van der Waals surface area contributed by atoms with Gasteiger partial charge in [0.25, 0.3) is 10.0 Å². The zero-order valence-corrected chi connectivity index (χ0v) is 19.1. The number of fused-ring (bicyclic) bond motifs is 1. The molecular weight excluding hydrogens is 426 g/mol. The Morgan fingerprint density at radius 3 is 2.50 bits per heavy atom. The van der Waals surface area contributed by atoms with Crippen LogP contribution in [-0.4, -0.2) is 28.0 Å². The van der Waals surface area contributed by atoms with Crippen molar-refractivity contribution in [2.24, 2.45) is 0 Å². The molecule has 1 aliphatic heterocycles. The van der Waals surface area contributed by atoms with Gasteiger partial charge in [-0.3, -0.25) is 4.31 Å². The maximum atomic E-state index is 13.6. The Kier molecular flexibility index (Phi) is 5.93. The van der Waals surface area contributed by atoms with E-state index in [0.29, 0.717) is 24.4 Å². The van der Waals surface area contributed by atoms with Crippen LogP contribution in [0.5, 0.6) is 11.5 Å². The molecule has 0 N–H and O–H groups in total. The van der Waals surface area contributed by atoms with Gasteiger partial charge in [-0.05, 0) is 79.8 Å². The average molecular weight is 452 g/mol. The lowest BCUT2D eigenvalue weighted by Gasteiger charge is -2.30. The third-order valence-electron chi connectivity index (χ3n) is 5.72.